The number of amides is 2. The predicted molar refractivity (Wildman–Crippen MR) is 105 cm³/mol. The molecular weight excluding hydrogens is 346 g/mol. The second-order valence-electron chi connectivity index (χ2n) is 6.95. The van der Waals surface area contributed by atoms with E-state index < -0.39 is 5.54 Å². The number of carbonyl (C=O) groups excluding carboxylic acids is 2. The molecule has 138 valence electrons. The van der Waals surface area contributed by atoms with Crippen molar-refractivity contribution in [3.05, 3.63) is 52.7 Å². The number of anilines is 1. The van der Waals surface area contributed by atoms with E-state index in [2.05, 4.69) is 5.32 Å². The van der Waals surface area contributed by atoms with Crippen molar-refractivity contribution >= 4 is 28.8 Å². The van der Waals surface area contributed by atoms with Crippen molar-refractivity contribution in [1.29, 1.82) is 0 Å². The Labute approximate surface area is 158 Å². The van der Waals surface area contributed by atoms with E-state index in [0.29, 0.717) is 25.9 Å². The number of hydrogen-bond donors (Lipinski definition) is 1. The quantitative estimate of drug-likeness (QED) is 0.879. The maximum Gasteiger partial charge on any atom is 0.249 e. The second kappa shape index (κ2) is 7.91. The van der Waals surface area contributed by atoms with Gasteiger partial charge in [0, 0.05) is 31.2 Å². The molecule has 0 spiro atoms. The molecule has 1 unspecified atom stereocenters. The van der Waals surface area contributed by atoms with E-state index in [4.69, 9.17) is 0 Å². The highest BCUT2D eigenvalue weighted by Gasteiger charge is 2.44. The zero-order valence-corrected chi connectivity index (χ0v) is 16.1. The summed E-state index contributed by atoms with van der Waals surface area (Å²) in [4.78, 5) is 30.3. The summed E-state index contributed by atoms with van der Waals surface area (Å²) in [7, 11) is 3.53. The average Bonchev–Trinajstić information content (AvgIpc) is 3.15. The first-order valence-electron chi connectivity index (χ1n) is 8.85. The molecule has 1 aromatic heterocycles. The Morgan fingerprint density at radius 1 is 1.19 bits per heavy atom. The summed E-state index contributed by atoms with van der Waals surface area (Å²) >= 11 is 1.59. The van der Waals surface area contributed by atoms with Crippen LogP contribution < -0.4 is 5.32 Å². The normalized spacial score (nSPS) is 19.8. The van der Waals surface area contributed by atoms with Gasteiger partial charge in [-0.05, 0) is 36.4 Å². The maximum absolute atomic E-state index is 13.0. The molecule has 1 N–H and O–H groups in total. The van der Waals surface area contributed by atoms with Gasteiger partial charge in [0.1, 0.15) is 5.54 Å². The van der Waals surface area contributed by atoms with E-state index in [1.165, 1.54) is 0 Å². The molecule has 1 aromatic carbocycles. The summed E-state index contributed by atoms with van der Waals surface area (Å²) in [6.07, 6.45) is 1.91. The molecule has 0 aliphatic carbocycles. The third-order valence-electron chi connectivity index (χ3n) is 4.72. The number of nitrogens with one attached hydrogen (secondary N) is 1. The van der Waals surface area contributed by atoms with Crippen LogP contribution in [0.2, 0.25) is 0 Å². The number of benzene rings is 1. The number of piperidine rings is 1. The summed E-state index contributed by atoms with van der Waals surface area (Å²) in [5.74, 6) is 0.0907. The van der Waals surface area contributed by atoms with Gasteiger partial charge < -0.3 is 15.1 Å². The smallest absolute Gasteiger partial charge is 0.249 e. The van der Waals surface area contributed by atoms with Gasteiger partial charge in [-0.1, -0.05) is 24.3 Å². The number of likely N-dealkylation sites (N-methyl/N-ethyl adjacent to an activating group) is 1. The standard InChI is InChI=1S/C20H25N3O2S/c1-22(2)19(25)20(21-16-8-4-3-5-9-16)11-7-12-23(15-20)18(24)14-17-10-6-13-26-17/h3-6,8-10,13,21H,7,11-12,14-15H2,1-2H3. The van der Waals surface area contributed by atoms with Gasteiger partial charge >= 0.3 is 0 Å². The molecule has 0 bridgehead atoms. The third-order valence-corrected chi connectivity index (χ3v) is 5.60. The van der Waals surface area contributed by atoms with Gasteiger partial charge in [-0.25, -0.2) is 0 Å². The first kappa shape index (κ1) is 18.5. The van der Waals surface area contributed by atoms with Gasteiger partial charge in [-0.2, -0.15) is 0 Å². The zero-order chi connectivity index (χ0) is 18.6. The maximum atomic E-state index is 13.0. The fraction of sp³-hybridized carbons (Fsp3) is 0.400. The Morgan fingerprint density at radius 2 is 1.96 bits per heavy atom. The molecule has 1 aliphatic heterocycles. The van der Waals surface area contributed by atoms with E-state index >= 15 is 0 Å². The fourth-order valence-corrected chi connectivity index (χ4v) is 4.19. The van der Waals surface area contributed by atoms with E-state index in [1.807, 2.05) is 52.7 Å². The highest BCUT2D eigenvalue weighted by molar-refractivity contribution is 7.10. The summed E-state index contributed by atoms with van der Waals surface area (Å²) in [6, 6.07) is 13.7. The van der Waals surface area contributed by atoms with E-state index in [-0.39, 0.29) is 11.8 Å². The predicted octanol–water partition coefficient (Wildman–Crippen LogP) is 2.85. The molecule has 1 atom stereocenters. The van der Waals surface area contributed by atoms with Crippen molar-refractivity contribution in [2.45, 2.75) is 24.8 Å². The molecule has 0 radical (unpaired) electrons. The van der Waals surface area contributed by atoms with Crippen LogP contribution in [0, 0.1) is 0 Å². The number of nitrogens with zero attached hydrogens (tertiary/aromatic N) is 2. The van der Waals surface area contributed by atoms with E-state index in [9.17, 15) is 9.59 Å². The number of likely N-dealkylation sites (tertiary alicyclic amines) is 1. The van der Waals surface area contributed by atoms with Crippen molar-refractivity contribution in [2.24, 2.45) is 0 Å². The molecular formula is C20H25N3O2S. The zero-order valence-electron chi connectivity index (χ0n) is 15.3. The van der Waals surface area contributed by atoms with Crippen LogP contribution in [0.15, 0.2) is 47.8 Å². The topological polar surface area (TPSA) is 52.7 Å². The van der Waals surface area contributed by atoms with Crippen molar-refractivity contribution < 1.29 is 9.59 Å². The lowest BCUT2D eigenvalue weighted by Crippen LogP contribution is -2.62. The lowest BCUT2D eigenvalue weighted by atomic mass is 9.86. The molecule has 2 aromatic rings. The van der Waals surface area contributed by atoms with Crippen LogP contribution in [0.5, 0.6) is 0 Å². The Balaban J connectivity index is 1.81. The van der Waals surface area contributed by atoms with Gasteiger partial charge in [0.15, 0.2) is 0 Å². The van der Waals surface area contributed by atoms with Crippen LogP contribution in [0.3, 0.4) is 0 Å². The number of carbonyl (C=O) groups is 2. The lowest BCUT2D eigenvalue weighted by Gasteiger charge is -2.44. The minimum atomic E-state index is -0.784. The Hall–Kier alpha value is -2.34. The highest BCUT2D eigenvalue weighted by Crippen LogP contribution is 2.28. The SMILES string of the molecule is CN(C)C(=O)C1(Nc2ccccc2)CCCN(C(=O)Cc2cccs2)C1. The number of thiophene rings is 1. The largest absolute Gasteiger partial charge is 0.370 e. The van der Waals surface area contributed by atoms with Gasteiger partial charge in [0.25, 0.3) is 0 Å². The van der Waals surface area contributed by atoms with Crippen LogP contribution >= 0.6 is 11.3 Å². The fourth-order valence-electron chi connectivity index (χ4n) is 3.50. The third kappa shape index (κ3) is 4.07. The molecule has 2 amide bonds. The van der Waals surface area contributed by atoms with Crippen LogP contribution in [0.1, 0.15) is 17.7 Å². The van der Waals surface area contributed by atoms with Crippen LogP contribution in [0.4, 0.5) is 5.69 Å². The summed E-state index contributed by atoms with van der Waals surface area (Å²) in [6.45, 7) is 1.09. The number of hydrogen-bond acceptors (Lipinski definition) is 4. The number of rotatable bonds is 5. The van der Waals surface area contributed by atoms with Gasteiger partial charge in [-0.3, -0.25) is 9.59 Å². The highest BCUT2D eigenvalue weighted by atomic mass is 32.1. The molecule has 1 fully saturated rings. The molecule has 2 heterocycles. The minimum Gasteiger partial charge on any atom is -0.370 e. The minimum absolute atomic E-state index is 0.00924. The first-order chi connectivity index (χ1) is 12.5. The van der Waals surface area contributed by atoms with Crippen molar-refractivity contribution in [2.75, 3.05) is 32.5 Å². The lowest BCUT2D eigenvalue weighted by molar-refractivity contribution is -0.139. The molecule has 26 heavy (non-hydrogen) atoms. The summed E-state index contributed by atoms with van der Waals surface area (Å²) in [5.41, 5.74) is 0.115. The summed E-state index contributed by atoms with van der Waals surface area (Å²) in [5, 5.41) is 5.42. The second-order valence-corrected chi connectivity index (χ2v) is 7.98. The van der Waals surface area contributed by atoms with Gasteiger partial charge in [-0.15, -0.1) is 11.3 Å². The molecule has 1 saturated heterocycles. The Kier molecular flexibility index (Phi) is 5.61. The van der Waals surface area contributed by atoms with Crippen molar-refractivity contribution in [3.8, 4) is 0 Å². The van der Waals surface area contributed by atoms with E-state index in [0.717, 1.165) is 17.0 Å². The van der Waals surface area contributed by atoms with Crippen LogP contribution in [0.25, 0.3) is 0 Å². The average molecular weight is 372 g/mol. The molecule has 5 nitrogen and oxygen atoms in total. The Morgan fingerprint density at radius 3 is 2.62 bits per heavy atom. The first-order valence-corrected chi connectivity index (χ1v) is 9.73. The van der Waals surface area contributed by atoms with Crippen molar-refractivity contribution in [1.82, 2.24) is 9.80 Å². The number of para-hydroxylation sites is 1. The monoisotopic (exact) mass is 371 g/mol. The summed E-state index contributed by atoms with van der Waals surface area (Å²) < 4.78 is 0. The van der Waals surface area contributed by atoms with Gasteiger partial charge in [0.2, 0.25) is 11.8 Å². The van der Waals surface area contributed by atoms with Crippen LogP contribution in [-0.2, 0) is 16.0 Å². The Bertz CT molecular complexity index is 746. The molecule has 3 rings (SSSR count). The molecule has 0 saturated carbocycles. The molecule has 6 heteroatoms. The molecule has 1 aliphatic rings. The van der Waals surface area contributed by atoms with Crippen molar-refractivity contribution in [3.63, 3.8) is 0 Å². The van der Waals surface area contributed by atoms with Crippen LogP contribution in [-0.4, -0.2) is 54.3 Å². The van der Waals surface area contributed by atoms with E-state index in [1.54, 1.807) is 30.3 Å². The van der Waals surface area contributed by atoms with Gasteiger partial charge in [0.05, 0.1) is 13.0 Å².